The molecule has 2 amide bonds. The molecule has 0 bridgehead atoms. The van der Waals surface area contributed by atoms with Crippen molar-refractivity contribution in [2.75, 3.05) is 39.4 Å². The maximum Gasteiger partial charge on any atom is 0.248 e. The second-order valence-corrected chi connectivity index (χ2v) is 8.35. The van der Waals surface area contributed by atoms with Crippen molar-refractivity contribution in [2.45, 2.75) is 45.8 Å². The van der Waals surface area contributed by atoms with Gasteiger partial charge >= 0.3 is 0 Å². The molecule has 3 rings (SSSR count). The fourth-order valence-corrected chi connectivity index (χ4v) is 4.10. The molecule has 0 unspecified atom stereocenters. The van der Waals surface area contributed by atoms with E-state index in [4.69, 9.17) is 9.47 Å². The number of piperidine rings is 1. The lowest BCUT2D eigenvalue weighted by Crippen LogP contribution is -2.52. The number of amides is 2. The zero-order valence-corrected chi connectivity index (χ0v) is 17.9. The number of morpholine rings is 1. The Kier molecular flexibility index (Phi) is 7.67. The van der Waals surface area contributed by atoms with E-state index in [1.807, 2.05) is 34.9 Å². The zero-order valence-electron chi connectivity index (χ0n) is 17.9. The lowest BCUT2D eigenvalue weighted by molar-refractivity contribution is -0.156. The minimum absolute atomic E-state index is 0.0199. The molecule has 0 aliphatic carbocycles. The molecule has 2 saturated heterocycles. The Morgan fingerprint density at radius 2 is 1.79 bits per heavy atom. The molecule has 1 aromatic rings. The van der Waals surface area contributed by atoms with Gasteiger partial charge in [-0.3, -0.25) is 9.59 Å². The molecule has 2 aliphatic rings. The van der Waals surface area contributed by atoms with Gasteiger partial charge in [0.2, 0.25) is 11.8 Å². The summed E-state index contributed by atoms with van der Waals surface area (Å²) in [4.78, 5) is 29.2. The smallest absolute Gasteiger partial charge is 0.248 e. The number of carbonyl (C=O) groups excluding carboxylic acids is 2. The van der Waals surface area contributed by atoms with Crippen molar-refractivity contribution in [1.82, 2.24) is 9.80 Å². The van der Waals surface area contributed by atoms with Crippen LogP contribution in [0.4, 0.5) is 0 Å². The fraction of sp³-hybridized carbons (Fsp3) is 0.652. The average Bonchev–Trinajstić information content (AvgIpc) is 2.77. The van der Waals surface area contributed by atoms with Gasteiger partial charge in [-0.2, -0.15) is 0 Å². The van der Waals surface area contributed by atoms with Crippen LogP contribution in [-0.2, 0) is 19.1 Å². The molecule has 2 aliphatic heterocycles. The first-order valence-electron chi connectivity index (χ1n) is 10.8. The molecule has 2 fully saturated rings. The normalized spacial score (nSPS) is 23.4. The van der Waals surface area contributed by atoms with Crippen LogP contribution in [0.25, 0.3) is 0 Å². The zero-order chi connectivity index (χ0) is 20.8. The van der Waals surface area contributed by atoms with Crippen molar-refractivity contribution in [2.24, 2.45) is 11.8 Å². The summed E-state index contributed by atoms with van der Waals surface area (Å²) < 4.78 is 11.6. The molecule has 0 saturated carbocycles. The van der Waals surface area contributed by atoms with Gasteiger partial charge in [-0.1, -0.05) is 44.2 Å². The molecule has 160 valence electrons. The van der Waals surface area contributed by atoms with E-state index in [1.165, 1.54) is 0 Å². The van der Waals surface area contributed by atoms with Crippen molar-refractivity contribution in [3.63, 3.8) is 0 Å². The van der Waals surface area contributed by atoms with E-state index < -0.39 is 0 Å². The fourth-order valence-electron chi connectivity index (χ4n) is 4.10. The maximum atomic E-state index is 13.3. The van der Waals surface area contributed by atoms with Gasteiger partial charge in [0.1, 0.15) is 12.7 Å². The standard InChI is InChI=1S/C23H34N2O4/c1-4-28-16-22(26)24-12-10-19(11-13-24)23(27)25-14-20(17(2)3)29-21(15-25)18-8-6-5-7-9-18/h5-9,17,19-21H,4,10-16H2,1-3H3/t20-,21+/m1/s1. The summed E-state index contributed by atoms with van der Waals surface area (Å²) >= 11 is 0. The van der Waals surface area contributed by atoms with Gasteiger partial charge in [0.05, 0.1) is 12.6 Å². The Hall–Kier alpha value is -1.92. The van der Waals surface area contributed by atoms with Gasteiger partial charge in [0, 0.05) is 32.2 Å². The minimum Gasteiger partial charge on any atom is -0.372 e. The lowest BCUT2D eigenvalue weighted by atomic mass is 9.93. The van der Waals surface area contributed by atoms with E-state index in [0.717, 1.165) is 18.4 Å². The van der Waals surface area contributed by atoms with Gasteiger partial charge in [-0.25, -0.2) is 0 Å². The average molecular weight is 403 g/mol. The largest absolute Gasteiger partial charge is 0.372 e. The van der Waals surface area contributed by atoms with E-state index in [9.17, 15) is 9.59 Å². The third-order valence-electron chi connectivity index (χ3n) is 5.98. The Morgan fingerprint density at radius 3 is 2.41 bits per heavy atom. The first-order chi connectivity index (χ1) is 14.0. The second kappa shape index (κ2) is 10.2. The van der Waals surface area contributed by atoms with Crippen LogP contribution in [0, 0.1) is 11.8 Å². The molecule has 1 aromatic carbocycles. The number of hydrogen-bond acceptors (Lipinski definition) is 4. The highest BCUT2D eigenvalue weighted by Crippen LogP contribution is 2.30. The third kappa shape index (κ3) is 5.58. The topological polar surface area (TPSA) is 59.1 Å². The number of hydrogen-bond donors (Lipinski definition) is 0. The molecular formula is C23H34N2O4. The van der Waals surface area contributed by atoms with Crippen molar-refractivity contribution in [3.05, 3.63) is 35.9 Å². The van der Waals surface area contributed by atoms with Gasteiger partial charge in [-0.15, -0.1) is 0 Å². The van der Waals surface area contributed by atoms with Crippen molar-refractivity contribution >= 4 is 11.8 Å². The van der Waals surface area contributed by atoms with Crippen molar-refractivity contribution in [1.29, 1.82) is 0 Å². The van der Waals surface area contributed by atoms with Gasteiger partial charge in [0.25, 0.3) is 0 Å². The number of nitrogens with zero attached hydrogens (tertiary/aromatic N) is 2. The van der Waals surface area contributed by atoms with Crippen molar-refractivity contribution < 1.29 is 19.1 Å². The predicted molar refractivity (Wildman–Crippen MR) is 111 cm³/mol. The lowest BCUT2D eigenvalue weighted by Gasteiger charge is -2.42. The number of rotatable bonds is 6. The summed E-state index contributed by atoms with van der Waals surface area (Å²) in [7, 11) is 0. The second-order valence-electron chi connectivity index (χ2n) is 8.35. The third-order valence-corrected chi connectivity index (χ3v) is 5.98. The molecule has 2 atom stereocenters. The molecule has 0 spiro atoms. The highest BCUT2D eigenvalue weighted by Gasteiger charge is 2.36. The van der Waals surface area contributed by atoms with E-state index >= 15 is 0 Å². The first-order valence-corrected chi connectivity index (χ1v) is 10.8. The van der Waals surface area contributed by atoms with E-state index in [1.54, 1.807) is 0 Å². The van der Waals surface area contributed by atoms with Gasteiger partial charge < -0.3 is 19.3 Å². The van der Waals surface area contributed by atoms with E-state index in [0.29, 0.717) is 38.7 Å². The van der Waals surface area contributed by atoms with Crippen LogP contribution in [0.1, 0.15) is 45.3 Å². The van der Waals surface area contributed by atoms with Crippen LogP contribution >= 0.6 is 0 Å². The van der Waals surface area contributed by atoms with Crippen LogP contribution in [0.2, 0.25) is 0 Å². The van der Waals surface area contributed by atoms with Gasteiger partial charge in [0.15, 0.2) is 0 Å². The Balaban J connectivity index is 1.61. The van der Waals surface area contributed by atoms with Gasteiger partial charge in [-0.05, 0) is 31.2 Å². The van der Waals surface area contributed by atoms with Crippen LogP contribution < -0.4 is 0 Å². The number of likely N-dealkylation sites (tertiary alicyclic amines) is 1. The number of ether oxygens (including phenoxy) is 2. The summed E-state index contributed by atoms with van der Waals surface area (Å²) in [6.07, 6.45) is 1.38. The summed E-state index contributed by atoms with van der Waals surface area (Å²) in [5, 5.41) is 0. The number of benzene rings is 1. The summed E-state index contributed by atoms with van der Waals surface area (Å²) in [5.41, 5.74) is 1.12. The highest BCUT2D eigenvalue weighted by molar-refractivity contribution is 5.80. The Morgan fingerprint density at radius 1 is 1.10 bits per heavy atom. The molecule has 6 heteroatoms. The Bertz CT molecular complexity index is 671. The van der Waals surface area contributed by atoms with Crippen LogP contribution in [0.5, 0.6) is 0 Å². The number of carbonyl (C=O) groups is 2. The molecule has 6 nitrogen and oxygen atoms in total. The molecular weight excluding hydrogens is 368 g/mol. The maximum absolute atomic E-state index is 13.3. The SMILES string of the molecule is CCOCC(=O)N1CCC(C(=O)N2C[C@@H](c3ccccc3)O[C@@H](C(C)C)C2)CC1. The summed E-state index contributed by atoms with van der Waals surface area (Å²) in [5.74, 6) is 0.549. The van der Waals surface area contributed by atoms with Crippen LogP contribution in [-0.4, -0.2) is 67.1 Å². The van der Waals surface area contributed by atoms with Crippen LogP contribution in [0.3, 0.4) is 0 Å². The summed E-state index contributed by atoms with van der Waals surface area (Å²) in [6.45, 7) is 9.33. The molecule has 0 radical (unpaired) electrons. The minimum atomic E-state index is -0.0887. The monoisotopic (exact) mass is 402 g/mol. The Labute approximate surface area is 174 Å². The quantitative estimate of drug-likeness (QED) is 0.734. The predicted octanol–water partition coefficient (Wildman–Crippen LogP) is 2.89. The van der Waals surface area contributed by atoms with E-state index in [-0.39, 0.29) is 36.5 Å². The highest BCUT2D eigenvalue weighted by atomic mass is 16.5. The van der Waals surface area contributed by atoms with Crippen molar-refractivity contribution in [3.8, 4) is 0 Å². The molecule has 0 aromatic heterocycles. The summed E-state index contributed by atoms with van der Waals surface area (Å²) in [6, 6.07) is 10.2. The molecule has 2 heterocycles. The first kappa shape index (κ1) is 21.8. The van der Waals surface area contributed by atoms with Crippen LogP contribution in [0.15, 0.2) is 30.3 Å². The van der Waals surface area contributed by atoms with E-state index in [2.05, 4.69) is 26.0 Å². The molecule has 0 N–H and O–H groups in total. The molecule has 29 heavy (non-hydrogen) atoms.